The van der Waals surface area contributed by atoms with E-state index in [4.69, 9.17) is 9.52 Å². The summed E-state index contributed by atoms with van der Waals surface area (Å²) in [5.41, 5.74) is 4.32. The number of fused-ring (bicyclic) bond motifs is 1. The smallest absolute Gasteiger partial charge is 0.408 e. The van der Waals surface area contributed by atoms with E-state index in [2.05, 4.69) is 26.0 Å². The number of nitrogens with zero attached hydrogens (tertiary/aromatic N) is 1. The Balaban J connectivity index is 1.96. The molecule has 3 aromatic rings. The predicted molar refractivity (Wildman–Crippen MR) is 86.0 cm³/mol. The maximum absolute atomic E-state index is 12.1. The average Bonchev–Trinajstić information content (AvgIpc) is 2.83. The van der Waals surface area contributed by atoms with Crippen LogP contribution in [-0.4, -0.2) is 9.67 Å². The number of aliphatic hydroxyl groups is 1. The van der Waals surface area contributed by atoms with Crippen LogP contribution in [0.15, 0.2) is 51.7 Å². The lowest BCUT2D eigenvalue weighted by molar-refractivity contribution is 0.282. The van der Waals surface area contributed by atoms with E-state index in [-0.39, 0.29) is 12.4 Å². The number of aromatic nitrogens is 1. The molecule has 114 valence electrons. The van der Waals surface area contributed by atoms with Crippen LogP contribution < -0.4 is 5.76 Å². The van der Waals surface area contributed by atoms with Crippen LogP contribution in [0.25, 0.3) is 11.1 Å². The Kier molecular flexibility index (Phi) is 3.86. The topological polar surface area (TPSA) is 55.4 Å². The third kappa shape index (κ3) is 2.70. The first-order valence-corrected chi connectivity index (χ1v) is 7.40. The molecule has 22 heavy (non-hydrogen) atoms. The molecule has 0 atom stereocenters. The van der Waals surface area contributed by atoms with Crippen LogP contribution in [0.4, 0.5) is 0 Å². The fraction of sp³-hybridized carbons (Fsp3) is 0.278. The van der Waals surface area contributed by atoms with Crippen LogP contribution in [-0.2, 0) is 13.2 Å². The number of hydrogen-bond donors (Lipinski definition) is 1. The van der Waals surface area contributed by atoms with Gasteiger partial charge in [0.1, 0.15) is 0 Å². The van der Waals surface area contributed by atoms with Crippen molar-refractivity contribution < 1.29 is 9.52 Å². The van der Waals surface area contributed by atoms with E-state index in [1.54, 1.807) is 16.7 Å². The average molecular weight is 297 g/mol. The summed E-state index contributed by atoms with van der Waals surface area (Å²) in [6.07, 6.45) is 0. The monoisotopic (exact) mass is 297 g/mol. The molecular formula is C18H19NO3. The molecule has 3 rings (SSSR count). The van der Waals surface area contributed by atoms with Crippen molar-refractivity contribution in [2.24, 2.45) is 0 Å². The van der Waals surface area contributed by atoms with Gasteiger partial charge in [-0.25, -0.2) is 4.79 Å². The van der Waals surface area contributed by atoms with E-state index >= 15 is 0 Å². The molecule has 2 aromatic carbocycles. The molecule has 0 saturated heterocycles. The molecular weight excluding hydrogens is 278 g/mol. The molecule has 0 aliphatic rings. The molecule has 1 aromatic heterocycles. The number of oxazole rings is 1. The summed E-state index contributed by atoms with van der Waals surface area (Å²) in [5, 5.41) is 9.15. The molecule has 1 N–H and O–H groups in total. The molecule has 0 amide bonds. The maximum atomic E-state index is 12.1. The Morgan fingerprint density at radius 3 is 2.41 bits per heavy atom. The quantitative estimate of drug-likeness (QED) is 0.804. The highest BCUT2D eigenvalue weighted by Gasteiger charge is 2.10. The second-order valence-electron chi connectivity index (χ2n) is 5.81. The standard InChI is InChI=1S/C18H19NO3/c1-12(2)15-6-3-13(4-7-15)10-19-16-8-5-14(11-20)9-17(16)22-18(19)21/h3-9,12,20H,10-11H2,1-2H3. The van der Waals surface area contributed by atoms with Gasteiger partial charge >= 0.3 is 5.76 Å². The fourth-order valence-corrected chi connectivity index (χ4v) is 2.55. The minimum atomic E-state index is -0.377. The molecule has 1 heterocycles. The van der Waals surface area contributed by atoms with Gasteiger partial charge in [0.2, 0.25) is 0 Å². The van der Waals surface area contributed by atoms with Gasteiger partial charge in [0.15, 0.2) is 5.58 Å². The summed E-state index contributed by atoms with van der Waals surface area (Å²) in [6, 6.07) is 13.6. The van der Waals surface area contributed by atoms with E-state index in [0.29, 0.717) is 18.0 Å². The van der Waals surface area contributed by atoms with Crippen LogP contribution in [0.3, 0.4) is 0 Å². The Bertz CT molecular complexity index is 841. The normalized spacial score (nSPS) is 11.5. The predicted octanol–water partition coefficient (Wildman–Crippen LogP) is 3.26. The second-order valence-corrected chi connectivity index (χ2v) is 5.81. The zero-order valence-corrected chi connectivity index (χ0v) is 12.7. The molecule has 0 aliphatic carbocycles. The number of benzene rings is 2. The molecule has 0 bridgehead atoms. The van der Waals surface area contributed by atoms with Gasteiger partial charge in [0, 0.05) is 0 Å². The van der Waals surface area contributed by atoms with Crippen molar-refractivity contribution in [3.05, 3.63) is 69.7 Å². The SMILES string of the molecule is CC(C)c1ccc(Cn2c(=O)oc3cc(CO)ccc32)cc1. The Hall–Kier alpha value is -2.33. The molecule has 0 aliphatic heterocycles. The van der Waals surface area contributed by atoms with Crippen LogP contribution in [0.5, 0.6) is 0 Å². The first-order valence-electron chi connectivity index (χ1n) is 7.40. The highest BCUT2D eigenvalue weighted by molar-refractivity contribution is 5.73. The first kappa shape index (κ1) is 14.6. The van der Waals surface area contributed by atoms with Crippen molar-refractivity contribution in [3.8, 4) is 0 Å². The number of hydrogen-bond acceptors (Lipinski definition) is 3. The zero-order chi connectivity index (χ0) is 15.7. The molecule has 4 heteroatoms. The van der Waals surface area contributed by atoms with E-state index in [1.165, 1.54) is 5.56 Å². The third-order valence-electron chi connectivity index (χ3n) is 3.90. The lowest BCUT2D eigenvalue weighted by atomic mass is 10.0. The summed E-state index contributed by atoms with van der Waals surface area (Å²) in [4.78, 5) is 12.1. The van der Waals surface area contributed by atoms with Gasteiger partial charge in [0.25, 0.3) is 0 Å². The molecule has 0 unspecified atom stereocenters. The summed E-state index contributed by atoms with van der Waals surface area (Å²) in [7, 11) is 0. The van der Waals surface area contributed by atoms with Crippen molar-refractivity contribution in [1.82, 2.24) is 4.57 Å². The molecule has 0 spiro atoms. The largest absolute Gasteiger partial charge is 0.420 e. The minimum Gasteiger partial charge on any atom is -0.408 e. The van der Waals surface area contributed by atoms with Crippen molar-refractivity contribution in [2.75, 3.05) is 0 Å². The molecule has 4 nitrogen and oxygen atoms in total. The highest BCUT2D eigenvalue weighted by atomic mass is 16.4. The lowest BCUT2D eigenvalue weighted by Crippen LogP contribution is -2.14. The minimum absolute atomic E-state index is 0.0680. The van der Waals surface area contributed by atoms with Crippen LogP contribution in [0.2, 0.25) is 0 Å². The first-order chi connectivity index (χ1) is 10.6. The third-order valence-corrected chi connectivity index (χ3v) is 3.90. The highest BCUT2D eigenvalue weighted by Crippen LogP contribution is 2.18. The van der Waals surface area contributed by atoms with Gasteiger partial charge in [-0.2, -0.15) is 0 Å². The summed E-state index contributed by atoms with van der Waals surface area (Å²) < 4.78 is 6.88. The van der Waals surface area contributed by atoms with E-state index in [1.807, 2.05) is 18.2 Å². The molecule has 0 saturated carbocycles. The van der Waals surface area contributed by atoms with Crippen LogP contribution in [0, 0.1) is 0 Å². The summed E-state index contributed by atoms with van der Waals surface area (Å²) in [6.45, 7) is 4.72. The molecule has 0 radical (unpaired) electrons. The van der Waals surface area contributed by atoms with Gasteiger partial charge in [-0.05, 0) is 34.7 Å². The van der Waals surface area contributed by atoms with Gasteiger partial charge in [-0.15, -0.1) is 0 Å². The number of aliphatic hydroxyl groups excluding tert-OH is 1. The Labute approximate surface area is 128 Å². The summed E-state index contributed by atoms with van der Waals surface area (Å²) >= 11 is 0. The maximum Gasteiger partial charge on any atom is 0.420 e. The Morgan fingerprint density at radius 1 is 1.09 bits per heavy atom. The van der Waals surface area contributed by atoms with Crippen LogP contribution >= 0.6 is 0 Å². The Morgan fingerprint density at radius 2 is 1.77 bits per heavy atom. The second kappa shape index (κ2) is 5.81. The zero-order valence-electron chi connectivity index (χ0n) is 12.7. The van der Waals surface area contributed by atoms with Crippen molar-refractivity contribution in [3.63, 3.8) is 0 Å². The van der Waals surface area contributed by atoms with E-state index in [9.17, 15) is 4.79 Å². The van der Waals surface area contributed by atoms with E-state index < -0.39 is 0 Å². The van der Waals surface area contributed by atoms with Crippen molar-refractivity contribution >= 4 is 11.1 Å². The molecule has 0 fully saturated rings. The summed E-state index contributed by atoms with van der Waals surface area (Å²) in [5.74, 6) is 0.112. The fourth-order valence-electron chi connectivity index (χ4n) is 2.55. The van der Waals surface area contributed by atoms with Crippen LogP contribution in [0.1, 0.15) is 36.5 Å². The van der Waals surface area contributed by atoms with E-state index in [0.717, 1.165) is 16.6 Å². The van der Waals surface area contributed by atoms with Gasteiger partial charge in [-0.3, -0.25) is 4.57 Å². The lowest BCUT2D eigenvalue weighted by Gasteiger charge is -2.07. The van der Waals surface area contributed by atoms with Gasteiger partial charge in [0.05, 0.1) is 18.7 Å². The van der Waals surface area contributed by atoms with Gasteiger partial charge in [-0.1, -0.05) is 44.2 Å². The van der Waals surface area contributed by atoms with Gasteiger partial charge < -0.3 is 9.52 Å². The van der Waals surface area contributed by atoms with Crippen molar-refractivity contribution in [2.45, 2.75) is 32.9 Å². The van der Waals surface area contributed by atoms with Crippen molar-refractivity contribution in [1.29, 1.82) is 0 Å². The number of rotatable bonds is 4.